The normalized spacial score (nSPS) is 11.3. The molecule has 0 saturated heterocycles. The van der Waals surface area contributed by atoms with Crippen LogP contribution in [0.2, 0.25) is 0 Å². The molecule has 6 nitrogen and oxygen atoms in total. The van der Waals surface area contributed by atoms with Gasteiger partial charge in [-0.25, -0.2) is 9.78 Å². The number of nitrogens with zero attached hydrogens (tertiary/aromatic N) is 1. The number of fused-ring (bicyclic) bond motifs is 1. The number of benzene rings is 1. The molecule has 3 rings (SSSR count). The quantitative estimate of drug-likeness (QED) is 0.767. The van der Waals surface area contributed by atoms with Crippen molar-refractivity contribution < 1.29 is 15.0 Å². The number of nitrogens with one attached hydrogen (secondary N) is 1. The number of aromatic carboxylic acids is 1. The summed E-state index contributed by atoms with van der Waals surface area (Å²) in [6, 6.07) is 6.31. The molecule has 0 bridgehead atoms. The van der Waals surface area contributed by atoms with Crippen molar-refractivity contribution >= 4 is 39.7 Å². The van der Waals surface area contributed by atoms with E-state index in [-0.39, 0.29) is 16.2 Å². The Morgan fingerprint density at radius 2 is 2.17 bits per heavy atom. The molecule has 0 fully saturated rings. The number of aryl methyl sites for hydroxylation is 1. The zero-order valence-corrected chi connectivity index (χ0v) is 12.8. The molecule has 0 spiro atoms. The third-order valence-electron chi connectivity index (χ3n) is 3.30. The summed E-state index contributed by atoms with van der Waals surface area (Å²) in [5, 5.41) is 20.7. The first kappa shape index (κ1) is 15.0. The molecule has 0 saturated carbocycles. The Morgan fingerprint density at radius 1 is 1.39 bits per heavy atom. The van der Waals surface area contributed by atoms with Crippen LogP contribution in [0, 0.1) is 6.92 Å². The molecule has 0 aliphatic heterocycles. The highest BCUT2D eigenvalue weighted by atomic mass is 32.1. The molecule has 0 radical (unpaired) electrons. The van der Waals surface area contributed by atoms with Gasteiger partial charge < -0.3 is 15.2 Å². The number of rotatable bonds is 3. The van der Waals surface area contributed by atoms with E-state index < -0.39 is 5.97 Å². The van der Waals surface area contributed by atoms with Crippen molar-refractivity contribution in [1.82, 2.24) is 9.97 Å². The molecule has 3 aromatic rings. The van der Waals surface area contributed by atoms with E-state index in [0.717, 1.165) is 11.3 Å². The molecule has 1 aromatic carbocycles. The maximum absolute atomic E-state index is 12.2. The number of H-pyrrole nitrogens is 1. The molecule has 116 valence electrons. The Balaban J connectivity index is 2.06. The van der Waals surface area contributed by atoms with Gasteiger partial charge in [0.15, 0.2) is 0 Å². The minimum absolute atomic E-state index is 0.107. The third-order valence-corrected chi connectivity index (χ3v) is 4.48. The van der Waals surface area contributed by atoms with E-state index >= 15 is 0 Å². The van der Waals surface area contributed by atoms with Gasteiger partial charge in [0, 0.05) is 0 Å². The van der Waals surface area contributed by atoms with Crippen LogP contribution in [0.4, 0.5) is 0 Å². The molecular weight excluding hydrogens is 316 g/mol. The van der Waals surface area contributed by atoms with Gasteiger partial charge in [0.2, 0.25) is 0 Å². The average molecular weight is 327 g/mol. The van der Waals surface area contributed by atoms with Crippen molar-refractivity contribution in [3.8, 4) is 5.75 Å². The van der Waals surface area contributed by atoms with Gasteiger partial charge in [-0.1, -0.05) is 30.3 Å². The fraction of sp³-hybridized carbons (Fsp3) is 0.0625. The number of thiophene rings is 1. The van der Waals surface area contributed by atoms with Crippen LogP contribution in [0.1, 0.15) is 26.6 Å². The number of carbonyl (C=O) groups is 1. The Hall–Kier alpha value is -2.93. The molecule has 0 amide bonds. The van der Waals surface area contributed by atoms with Crippen molar-refractivity contribution in [2.24, 2.45) is 0 Å². The first-order chi connectivity index (χ1) is 11.0. The number of carboxylic acids is 1. The topological polar surface area (TPSA) is 106 Å². The Kier molecular flexibility index (Phi) is 3.71. The summed E-state index contributed by atoms with van der Waals surface area (Å²) < 4.78 is 0. The van der Waals surface area contributed by atoms with E-state index in [4.69, 9.17) is 5.11 Å². The average Bonchev–Trinajstić information content (AvgIpc) is 2.83. The zero-order valence-electron chi connectivity index (χ0n) is 12.0. The Bertz CT molecular complexity index is 1000. The standard InChI is InChI=1S/C16H12N2O4S/c1-8-12-14(20)17-11(18-15(12)23-13(8)16(21)22)6-5-9-3-2-4-10(19)7-9/h2-7,19H,1H3,(H,21,22)(H,17,18,20)/p-1/b6-5+. The van der Waals surface area contributed by atoms with Crippen LogP contribution in [0.5, 0.6) is 5.75 Å². The van der Waals surface area contributed by atoms with E-state index in [0.29, 0.717) is 27.2 Å². The molecule has 2 N–H and O–H groups in total. The second kappa shape index (κ2) is 5.69. The Morgan fingerprint density at radius 3 is 2.87 bits per heavy atom. The van der Waals surface area contributed by atoms with Gasteiger partial charge in [0.05, 0.1) is 5.39 Å². The molecule has 2 heterocycles. The monoisotopic (exact) mass is 327 g/mol. The summed E-state index contributed by atoms with van der Waals surface area (Å²) in [4.78, 5) is 30.7. The van der Waals surface area contributed by atoms with Crippen molar-refractivity contribution in [2.75, 3.05) is 0 Å². The summed E-state index contributed by atoms with van der Waals surface area (Å²) in [7, 11) is 0. The maximum Gasteiger partial charge on any atom is 0.346 e. The molecule has 0 atom stereocenters. The summed E-state index contributed by atoms with van der Waals surface area (Å²) >= 11 is 0.970. The molecule has 0 unspecified atom stereocenters. The zero-order chi connectivity index (χ0) is 16.6. The SMILES string of the molecule is Cc1c(C(=O)O)sc2nc(/C=C/c3cccc([O-])c3)[nH]c(=O)c12. The van der Waals surface area contributed by atoms with Crippen molar-refractivity contribution in [3.63, 3.8) is 0 Å². The van der Waals surface area contributed by atoms with Crippen molar-refractivity contribution in [2.45, 2.75) is 6.92 Å². The smallest absolute Gasteiger partial charge is 0.346 e. The van der Waals surface area contributed by atoms with Crippen LogP contribution in [0.3, 0.4) is 0 Å². The van der Waals surface area contributed by atoms with E-state index in [1.165, 1.54) is 12.1 Å². The molecule has 2 aromatic heterocycles. The number of hydrogen-bond acceptors (Lipinski definition) is 5. The molecule has 23 heavy (non-hydrogen) atoms. The first-order valence-electron chi connectivity index (χ1n) is 6.67. The van der Waals surface area contributed by atoms with E-state index in [2.05, 4.69) is 9.97 Å². The molecule has 0 aliphatic carbocycles. The number of hydrogen-bond donors (Lipinski definition) is 2. The predicted octanol–water partition coefficient (Wildman–Crippen LogP) is 2.24. The highest BCUT2D eigenvalue weighted by molar-refractivity contribution is 7.20. The summed E-state index contributed by atoms with van der Waals surface area (Å²) in [5.41, 5.74) is 0.725. The highest BCUT2D eigenvalue weighted by Gasteiger charge is 2.18. The van der Waals surface area contributed by atoms with Crippen LogP contribution < -0.4 is 10.7 Å². The predicted molar refractivity (Wildman–Crippen MR) is 86.8 cm³/mol. The maximum atomic E-state index is 12.2. The van der Waals surface area contributed by atoms with Gasteiger partial charge in [-0.15, -0.1) is 17.1 Å². The van der Waals surface area contributed by atoms with Crippen LogP contribution >= 0.6 is 11.3 Å². The second-order valence-corrected chi connectivity index (χ2v) is 5.90. The van der Waals surface area contributed by atoms with Crippen LogP contribution in [0.15, 0.2) is 29.1 Å². The van der Waals surface area contributed by atoms with Gasteiger partial charge >= 0.3 is 5.97 Å². The van der Waals surface area contributed by atoms with Gasteiger partial charge in [-0.3, -0.25) is 4.79 Å². The van der Waals surface area contributed by atoms with E-state index in [1.807, 2.05) is 0 Å². The van der Waals surface area contributed by atoms with Crippen LogP contribution in [-0.2, 0) is 0 Å². The Labute approximate surface area is 134 Å². The van der Waals surface area contributed by atoms with Crippen molar-refractivity contribution in [3.05, 3.63) is 56.4 Å². The molecular formula is C16H11N2O4S-. The lowest BCUT2D eigenvalue weighted by Crippen LogP contribution is -2.09. The summed E-state index contributed by atoms with van der Waals surface area (Å²) in [6.07, 6.45) is 3.23. The second-order valence-electron chi connectivity index (χ2n) is 4.90. The number of aromatic amines is 1. The van der Waals surface area contributed by atoms with Crippen molar-refractivity contribution in [1.29, 1.82) is 0 Å². The largest absolute Gasteiger partial charge is 0.872 e. The third kappa shape index (κ3) is 2.86. The molecule has 7 heteroatoms. The first-order valence-corrected chi connectivity index (χ1v) is 7.49. The lowest BCUT2D eigenvalue weighted by atomic mass is 10.2. The molecule has 0 aliphatic rings. The fourth-order valence-corrected chi connectivity index (χ4v) is 3.26. The lowest BCUT2D eigenvalue weighted by molar-refractivity contribution is -0.268. The van der Waals surface area contributed by atoms with Gasteiger partial charge in [0.1, 0.15) is 15.5 Å². The van der Waals surface area contributed by atoms with Gasteiger partial charge in [-0.05, 0) is 24.1 Å². The van der Waals surface area contributed by atoms with E-state index in [1.54, 1.807) is 31.2 Å². The fourth-order valence-electron chi connectivity index (χ4n) is 2.24. The minimum Gasteiger partial charge on any atom is -0.872 e. The van der Waals surface area contributed by atoms with Gasteiger partial charge in [-0.2, -0.15) is 0 Å². The van der Waals surface area contributed by atoms with E-state index in [9.17, 15) is 14.7 Å². The summed E-state index contributed by atoms with van der Waals surface area (Å²) in [5.74, 6) is -0.879. The van der Waals surface area contributed by atoms with Gasteiger partial charge in [0.25, 0.3) is 5.56 Å². The minimum atomic E-state index is -1.07. The number of carboxylic acid groups (broad SMARTS) is 1. The lowest BCUT2D eigenvalue weighted by Gasteiger charge is -2.04. The highest BCUT2D eigenvalue weighted by Crippen LogP contribution is 2.27. The number of aromatic nitrogens is 2. The summed E-state index contributed by atoms with van der Waals surface area (Å²) in [6.45, 7) is 1.59. The van der Waals surface area contributed by atoms with Crippen LogP contribution in [0.25, 0.3) is 22.4 Å². The van der Waals surface area contributed by atoms with Crippen LogP contribution in [-0.4, -0.2) is 21.0 Å².